The number of halogens is 3. The zero-order valence-electron chi connectivity index (χ0n) is 11.0. The third-order valence-electron chi connectivity index (χ3n) is 2.04. The van der Waals surface area contributed by atoms with Crippen molar-refractivity contribution in [3.05, 3.63) is 0 Å². The molecule has 0 fully saturated rings. The van der Waals surface area contributed by atoms with Crippen LogP contribution in [0.2, 0.25) is 0 Å². The molecule has 0 saturated heterocycles. The summed E-state index contributed by atoms with van der Waals surface area (Å²) in [6.45, 7) is -0.0693. The molecule has 116 valence electrons. The molecule has 0 saturated carbocycles. The van der Waals surface area contributed by atoms with Gasteiger partial charge in [0.05, 0.1) is 0 Å². The van der Waals surface area contributed by atoms with E-state index in [1.807, 2.05) is 0 Å². The first-order valence-electron chi connectivity index (χ1n) is 5.46. The van der Waals surface area contributed by atoms with E-state index in [2.05, 4.69) is 5.32 Å². The molecule has 0 aromatic rings. The third-order valence-corrected chi connectivity index (χ3v) is 2.04. The maximum Gasteiger partial charge on any atom is 0.406 e. The first kappa shape index (κ1) is 18.0. The Labute approximate surface area is 112 Å². The summed E-state index contributed by atoms with van der Waals surface area (Å²) in [5, 5.41) is 10.6. The minimum absolute atomic E-state index is 0.0884. The van der Waals surface area contributed by atoms with Gasteiger partial charge in [0.1, 0.15) is 13.1 Å². The summed E-state index contributed by atoms with van der Waals surface area (Å²) in [5.41, 5.74) is 3.75. The molecule has 10 heteroatoms. The zero-order chi connectivity index (χ0) is 16.1. The summed E-state index contributed by atoms with van der Waals surface area (Å²) in [7, 11) is 0. The van der Waals surface area contributed by atoms with Crippen LogP contribution in [0.5, 0.6) is 0 Å². The molecule has 0 aromatic carbocycles. The predicted octanol–water partition coefficient (Wildman–Crippen LogP) is 0.299. The van der Waals surface area contributed by atoms with Gasteiger partial charge < -0.3 is 21.1 Å². The maximum atomic E-state index is 12.3. The number of primary amides is 1. The van der Waals surface area contributed by atoms with Gasteiger partial charge in [-0.3, -0.25) is 9.59 Å². The van der Waals surface area contributed by atoms with Crippen LogP contribution in [-0.4, -0.2) is 52.7 Å². The molecule has 0 aromatic heterocycles. The minimum atomic E-state index is -4.74. The van der Waals surface area contributed by atoms with Crippen molar-refractivity contribution in [2.24, 2.45) is 5.73 Å². The van der Waals surface area contributed by atoms with Gasteiger partial charge in [0, 0.05) is 12.0 Å². The van der Waals surface area contributed by atoms with E-state index in [1.165, 1.54) is 13.8 Å². The van der Waals surface area contributed by atoms with Crippen LogP contribution >= 0.6 is 0 Å². The fraction of sp³-hybridized carbons (Fsp3) is 0.700. The SMILES string of the molecule is CC(C)(CC(N)=O)NC(=O)N(CC(=O)O)CC(F)(F)F. The van der Waals surface area contributed by atoms with Crippen molar-refractivity contribution in [2.75, 3.05) is 13.1 Å². The molecule has 0 unspecified atom stereocenters. The highest BCUT2D eigenvalue weighted by Gasteiger charge is 2.35. The molecular formula is C10H16F3N3O4. The van der Waals surface area contributed by atoms with Crippen LogP contribution in [0.1, 0.15) is 20.3 Å². The van der Waals surface area contributed by atoms with E-state index in [4.69, 9.17) is 10.8 Å². The van der Waals surface area contributed by atoms with E-state index in [9.17, 15) is 27.6 Å². The number of carbonyl (C=O) groups is 3. The number of nitrogens with zero attached hydrogens (tertiary/aromatic N) is 1. The average Bonchev–Trinajstić information content (AvgIpc) is 2.09. The van der Waals surface area contributed by atoms with Crippen LogP contribution in [-0.2, 0) is 9.59 Å². The normalized spacial score (nSPS) is 11.8. The number of carbonyl (C=O) groups excluding carboxylic acids is 2. The van der Waals surface area contributed by atoms with Crippen LogP contribution in [0, 0.1) is 0 Å². The van der Waals surface area contributed by atoms with E-state index in [1.54, 1.807) is 0 Å². The van der Waals surface area contributed by atoms with Crippen molar-refractivity contribution in [3.8, 4) is 0 Å². The summed E-state index contributed by atoms with van der Waals surface area (Å²) < 4.78 is 36.8. The smallest absolute Gasteiger partial charge is 0.406 e. The van der Waals surface area contributed by atoms with Gasteiger partial charge in [-0.15, -0.1) is 0 Å². The minimum Gasteiger partial charge on any atom is -0.480 e. The second kappa shape index (κ2) is 6.44. The van der Waals surface area contributed by atoms with Crippen molar-refractivity contribution < 1.29 is 32.7 Å². The van der Waals surface area contributed by atoms with Crippen molar-refractivity contribution in [2.45, 2.75) is 32.0 Å². The number of hydrogen-bond donors (Lipinski definition) is 3. The topological polar surface area (TPSA) is 113 Å². The Morgan fingerprint density at radius 3 is 2.10 bits per heavy atom. The Balaban J connectivity index is 4.86. The molecule has 0 rings (SSSR count). The predicted molar refractivity (Wildman–Crippen MR) is 61.7 cm³/mol. The Morgan fingerprint density at radius 1 is 1.25 bits per heavy atom. The molecule has 0 heterocycles. The maximum absolute atomic E-state index is 12.3. The van der Waals surface area contributed by atoms with E-state index < -0.39 is 42.7 Å². The van der Waals surface area contributed by atoms with E-state index in [0.717, 1.165) is 0 Å². The van der Waals surface area contributed by atoms with Gasteiger partial charge in [-0.25, -0.2) is 4.79 Å². The molecule has 0 aliphatic carbocycles. The van der Waals surface area contributed by atoms with Gasteiger partial charge >= 0.3 is 18.2 Å². The van der Waals surface area contributed by atoms with Gasteiger partial charge in [-0.1, -0.05) is 0 Å². The largest absolute Gasteiger partial charge is 0.480 e. The van der Waals surface area contributed by atoms with Crippen molar-refractivity contribution >= 4 is 17.9 Å². The van der Waals surface area contributed by atoms with Crippen molar-refractivity contribution in [1.29, 1.82) is 0 Å². The molecular weight excluding hydrogens is 283 g/mol. The van der Waals surface area contributed by atoms with Crippen molar-refractivity contribution in [3.63, 3.8) is 0 Å². The number of nitrogens with two attached hydrogens (primary N) is 1. The number of hydrogen-bond acceptors (Lipinski definition) is 3. The first-order valence-corrected chi connectivity index (χ1v) is 5.46. The van der Waals surface area contributed by atoms with Gasteiger partial charge in [-0.2, -0.15) is 13.2 Å². The summed E-state index contributed by atoms with van der Waals surface area (Å²) in [4.78, 5) is 33.0. The number of alkyl halides is 3. The molecule has 0 atom stereocenters. The number of rotatable bonds is 6. The number of carboxylic acids is 1. The lowest BCUT2D eigenvalue weighted by Crippen LogP contribution is -2.54. The van der Waals surface area contributed by atoms with Crippen LogP contribution in [0.3, 0.4) is 0 Å². The quantitative estimate of drug-likeness (QED) is 0.654. The number of nitrogens with one attached hydrogen (secondary N) is 1. The molecule has 4 N–H and O–H groups in total. The summed E-state index contributed by atoms with van der Waals surface area (Å²) >= 11 is 0. The summed E-state index contributed by atoms with van der Waals surface area (Å²) in [5.74, 6) is -2.34. The zero-order valence-corrected chi connectivity index (χ0v) is 11.0. The standard InChI is InChI=1S/C10H16F3N3O4/c1-9(2,3-6(14)17)15-8(20)16(4-7(18)19)5-10(11,12)13/h3-5H2,1-2H3,(H2,14,17)(H,15,20)(H,18,19). The second-order valence-corrected chi connectivity index (χ2v) is 4.82. The van der Waals surface area contributed by atoms with Gasteiger partial charge in [0.25, 0.3) is 0 Å². The summed E-state index contributed by atoms with van der Waals surface area (Å²) in [6, 6.07) is -1.24. The molecule has 7 nitrogen and oxygen atoms in total. The molecule has 0 spiro atoms. The number of urea groups is 1. The van der Waals surface area contributed by atoms with Gasteiger partial charge in [-0.05, 0) is 13.8 Å². The number of amides is 3. The molecule has 20 heavy (non-hydrogen) atoms. The Morgan fingerprint density at radius 2 is 1.75 bits per heavy atom. The monoisotopic (exact) mass is 299 g/mol. The lowest BCUT2D eigenvalue weighted by Gasteiger charge is -2.29. The van der Waals surface area contributed by atoms with E-state index >= 15 is 0 Å². The van der Waals surface area contributed by atoms with Crippen LogP contribution in [0.25, 0.3) is 0 Å². The highest BCUT2D eigenvalue weighted by molar-refractivity contribution is 5.82. The second-order valence-electron chi connectivity index (χ2n) is 4.82. The Hall–Kier alpha value is -2.00. The van der Waals surface area contributed by atoms with Crippen molar-refractivity contribution in [1.82, 2.24) is 10.2 Å². The molecule has 0 bridgehead atoms. The molecule has 0 aliphatic rings. The van der Waals surface area contributed by atoms with Gasteiger partial charge in [0.2, 0.25) is 5.91 Å². The number of carboxylic acid groups (broad SMARTS) is 1. The lowest BCUT2D eigenvalue weighted by molar-refractivity contribution is -0.149. The Bertz CT molecular complexity index is 396. The van der Waals surface area contributed by atoms with Crippen LogP contribution < -0.4 is 11.1 Å². The highest BCUT2D eigenvalue weighted by Crippen LogP contribution is 2.17. The molecule has 0 aliphatic heterocycles. The fourth-order valence-corrected chi connectivity index (χ4v) is 1.43. The third kappa shape index (κ3) is 8.16. The van der Waals surface area contributed by atoms with Gasteiger partial charge in [0.15, 0.2) is 0 Å². The lowest BCUT2D eigenvalue weighted by atomic mass is 10.0. The van der Waals surface area contributed by atoms with E-state index in [0.29, 0.717) is 0 Å². The average molecular weight is 299 g/mol. The first-order chi connectivity index (χ1) is 8.82. The molecule has 0 radical (unpaired) electrons. The summed E-state index contributed by atoms with van der Waals surface area (Å²) in [6.07, 6.45) is -5.04. The van der Waals surface area contributed by atoms with Crippen LogP contribution in [0.15, 0.2) is 0 Å². The fourth-order valence-electron chi connectivity index (χ4n) is 1.43. The number of aliphatic carboxylic acids is 1. The van der Waals surface area contributed by atoms with E-state index in [-0.39, 0.29) is 11.3 Å². The highest BCUT2D eigenvalue weighted by atomic mass is 19.4. The Kier molecular flexibility index (Phi) is 5.79. The van der Waals surface area contributed by atoms with Crippen LogP contribution in [0.4, 0.5) is 18.0 Å². The molecule has 3 amide bonds.